The van der Waals surface area contributed by atoms with Gasteiger partial charge in [0.25, 0.3) is 0 Å². The number of anilines is 1. The van der Waals surface area contributed by atoms with Gasteiger partial charge in [0.1, 0.15) is 5.75 Å². The Hall–Kier alpha value is -2.81. The van der Waals surface area contributed by atoms with Crippen LogP contribution in [-0.4, -0.2) is 11.5 Å². The fourth-order valence-corrected chi connectivity index (χ4v) is 3.72. The molecule has 0 N–H and O–H groups in total. The monoisotopic (exact) mass is 374 g/mol. The predicted octanol–water partition coefficient (Wildman–Crippen LogP) is 6.44. The molecule has 0 aliphatic heterocycles. The van der Waals surface area contributed by atoms with Crippen LogP contribution in [0.5, 0.6) is 11.6 Å². The molecule has 28 heavy (non-hydrogen) atoms. The van der Waals surface area contributed by atoms with Crippen LogP contribution in [-0.2, 0) is 6.54 Å². The van der Waals surface area contributed by atoms with Gasteiger partial charge in [-0.25, -0.2) is 4.98 Å². The standard InChI is InChI=1S/C25H30N2O/c1-7-27(16-22-11-9-8-10-12-22)23-15-20(5)26-25(21(23)6)28-24-18(3)13-17(2)14-19(24)4/h8-15H,7,16H2,1-6H3. The molecule has 1 aromatic heterocycles. The van der Waals surface area contributed by atoms with E-state index in [4.69, 9.17) is 9.72 Å². The van der Waals surface area contributed by atoms with E-state index in [0.29, 0.717) is 5.88 Å². The minimum atomic E-state index is 0.691. The molecule has 146 valence electrons. The van der Waals surface area contributed by atoms with Crippen LogP contribution in [0.3, 0.4) is 0 Å². The molecule has 3 heteroatoms. The molecule has 0 saturated carbocycles. The Morgan fingerprint density at radius 2 is 1.54 bits per heavy atom. The maximum absolute atomic E-state index is 6.35. The second kappa shape index (κ2) is 8.47. The number of pyridine rings is 1. The molecule has 1 heterocycles. The van der Waals surface area contributed by atoms with Crippen LogP contribution in [0.1, 0.15) is 40.4 Å². The zero-order valence-corrected chi connectivity index (χ0v) is 17.8. The van der Waals surface area contributed by atoms with Crippen LogP contribution < -0.4 is 9.64 Å². The van der Waals surface area contributed by atoms with Crippen molar-refractivity contribution in [3.63, 3.8) is 0 Å². The van der Waals surface area contributed by atoms with Crippen molar-refractivity contribution in [1.82, 2.24) is 4.98 Å². The Balaban J connectivity index is 1.98. The third kappa shape index (κ3) is 4.36. The Morgan fingerprint density at radius 1 is 0.893 bits per heavy atom. The number of hydrogen-bond acceptors (Lipinski definition) is 3. The van der Waals surface area contributed by atoms with Crippen molar-refractivity contribution < 1.29 is 4.74 Å². The first kappa shape index (κ1) is 19.9. The molecule has 0 spiro atoms. The van der Waals surface area contributed by atoms with Crippen LogP contribution in [0.2, 0.25) is 0 Å². The van der Waals surface area contributed by atoms with Gasteiger partial charge in [-0.1, -0.05) is 48.0 Å². The minimum absolute atomic E-state index is 0.691. The SMILES string of the molecule is CCN(Cc1ccccc1)c1cc(C)nc(Oc2c(C)cc(C)cc2C)c1C. The molecule has 0 saturated heterocycles. The number of aromatic nitrogens is 1. The first-order valence-electron chi connectivity index (χ1n) is 9.91. The summed E-state index contributed by atoms with van der Waals surface area (Å²) in [6, 6.07) is 17.0. The van der Waals surface area contributed by atoms with Crippen molar-refractivity contribution in [2.75, 3.05) is 11.4 Å². The van der Waals surface area contributed by atoms with Gasteiger partial charge in [0.05, 0.1) is 0 Å². The van der Waals surface area contributed by atoms with Crippen LogP contribution in [0, 0.1) is 34.6 Å². The van der Waals surface area contributed by atoms with Gasteiger partial charge in [-0.2, -0.15) is 0 Å². The molecule has 3 rings (SSSR count). The van der Waals surface area contributed by atoms with E-state index in [1.807, 2.05) is 6.92 Å². The highest BCUT2D eigenvalue weighted by molar-refractivity contribution is 5.59. The lowest BCUT2D eigenvalue weighted by Crippen LogP contribution is -2.23. The molecule has 0 radical (unpaired) electrons. The molecule has 0 fully saturated rings. The van der Waals surface area contributed by atoms with Gasteiger partial charge in [0, 0.05) is 30.0 Å². The normalized spacial score (nSPS) is 10.8. The summed E-state index contributed by atoms with van der Waals surface area (Å²) in [5, 5.41) is 0. The molecule has 3 aromatic rings. The Labute approximate surface area is 169 Å². The van der Waals surface area contributed by atoms with Gasteiger partial charge in [-0.05, 0) is 64.3 Å². The van der Waals surface area contributed by atoms with E-state index in [1.165, 1.54) is 16.8 Å². The summed E-state index contributed by atoms with van der Waals surface area (Å²) in [6.45, 7) is 14.4. The molecular formula is C25H30N2O. The number of benzene rings is 2. The van der Waals surface area contributed by atoms with Crippen LogP contribution >= 0.6 is 0 Å². The summed E-state index contributed by atoms with van der Waals surface area (Å²) >= 11 is 0. The Morgan fingerprint density at radius 3 is 2.14 bits per heavy atom. The molecule has 0 aliphatic rings. The Bertz CT molecular complexity index is 941. The summed E-state index contributed by atoms with van der Waals surface area (Å²) in [5.74, 6) is 1.60. The lowest BCUT2D eigenvalue weighted by Gasteiger charge is -2.26. The molecule has 0 amide bonds. The lowest BCUT2D eigenvalue weighted by molar-refractivity contribution is 0.450. The van der Waals surface area contributed by atoms with Crippen molar-refractivity contribution in [2.24, 2.45) is 0 Å². The number of hydrogen-bond donors (Lipinski definition) is 0. The van der Waals surface area contributed by atoms with Gasteiger partial charge in [0.2, 0.25) is 5.88 Å². The van der Waals surface area contributed by atoms with E-state index < -0.39 is 0 Å². The average Bonchev–Trinajstić information content (AvgIpc) is 2.66. The fraction of sp³-hybridized carbons (Fsp3) is 0.320. The number of ether oxygens (including phenoxy) is 1. The number of aryl methyl sites for hydroxylation is 4. The predicted molar refractivity (Wildman–Crippen MR) is 118 cm³/mol. The van der Waals surface area contributed by atoms with Gasteiger partial charge >= 0.3 is 0 Å². The van der Waals surface area contributed by atoms with Gasteiger partial charge < -0.3 is 9.64 Å². The molecule has 2 aromatic carbocycles. The highest BCUT2D eigenvalue weighted by atomic mass is 16.5. The third-order valence-corrected chi connectivity index (χ3v) is 5.07. The molecule has 0 aliphatic carbocycles. The van der Waals surface area contributed by atoms with Gasteiger partial charge in [0.15, 0.2) is 0 Å². The van der Waals surface area contributed by atoms with Crippen molar-refractivity contribution >= 4 is 5.69 Å². The highest BCUT2D eigenvalue weighted by Crippen LogP contribution is 2.35. The van der Waals surface area contributed by atoms with Crippen LogP contribution in [0.15, 0.2) is 48.5 Å². The summed E-state index contributed by atoms with van der Waals surface area (Å²) in [7, 11) is 0. The Kier molecular flexibility index (Phi) is 6.03. The zero-order chi connectivity index (χ0) is 20.3. The maximum Gasteiger partial charge on any atom is 0.224 e. The third-order valence-electron chi connectivity index (χ3n) is 5.07. The second-order valence-corrected chi connectivity index (χ2v) is 7.54. The first-order valence-corrected chi connectivity index (χ1v) is 9.91. The van der Waals surface area contributed by atoms with E-state index in [1.54, 1.807) is 0 Å². The fourth-order valence-electron chi connectivity index (χ4n) is 3.72. The van der Waals surface area contributed by atoms with Crippen LogP contribution in [0.4, 0.5) is 5.69 Å². The largest absolute Gasteiger partial charge is 0.438 e. The molecule has 3 nitrogen and oxygen atoms in total. The molecular weight excluding hydrogens is 344 g/mol. The molecule has 0 atom stereocenters. The van der Waals surface area contributed by atoms with E-state index in [9.17, 15) is 0 Å². The number of rotatable bonds is 6. The smallest absolute Gasteiger partial charge is 0.224 e. The highest BCUT2D eigenvalue weighted by Gasteiger charge is 2.16. The topological polar surface area (TPSA) is 25.4 Å². The summed E-state index contributed by atoms with van der Waals surface area (Å²) < 4.78 is 6.35. The lowest BCUT2D eigenvalue weighted by atomic mass is 10.1. The van der Waals surface area contributed by atoms with E-state index in [2.05, 4.69) is 88.0 Å². The van der Waals surface area contributed by atoms with Crippen LogP contribution in [0.25, 0.3) is 0 Å². The molecule has 0 unspecified atom stereocenters. The van der Waals surface area contributed by atoms with E-state index in [0.717, 1.165) is 41.2 Å². The zero-order valence-electron chi connectivity index (χ0n) is 17.8. The summed E-state index contributed by atoms with van der Waals surface area (Å²) in [5.41, 5.74) is 8.03. The van der Waals surface area contributed by atoms with E-state index in [-0.39, 0.29) is 0 Å². The van der Waals surface area contributed by atoms with Gasteiger partial charge in [-0.15, -0.1) is 0 Å². The van der Waals surface area contributed by atoms with Crippen molar-refractivity contribution in [3.05, 3.63) is 82.0 Å². The number of nitrogens with zero attached hydrogens (tertiary/aromatic N) is 2. The van der Waals surface area contributed by atoms with Crippen molar-refractivity contribution in [2.45, 2.75) is 48.1 Å². The summed E-state index contributed by atoms with van der Waals surface area (Å²) in [4.78, 5) is 7.08. The van der Waals surface area contributed by atoms with Crippen molar-refractivity contribution in [1.29, 1.82) is 0 Å². The maximum atomic E-state index is 6.35. The summed E-state index contributed by atoms with van der Waals surface area (Å²) in [6.07, 6.45) is 0. The minimum Gasteiger partial charge on any atom is -0.438 e. The average molecular weight is 375 g/mol. The first-order chi connectivity index (χ1) is 13.4. The van der Waals surface area contributed by atoms with Gasteiger partial charge in [-0.3, -0.25) is 0 Å². The molecule has 0 bridgehead atoms. The van der Waals surface area contributed by atoms with E-state index >= 15 is 0 Å². The second-order valence-electron chi connectivity index (χ2n) is 7.54. The van der Waals surface area contributed by atoms with Crippen molar-refractivity contribution in [3.8, 4) is 11.6 Å². The quantitative estimate of drug-likeness (QED) is 0.496.